The van der Waals surface area contributed by atoms with E-state index in [0.717, 1.165) is 0 Å². The van der Waals surface area contributed by atoms with E-state index in [1.165, 1.54) is 0 Å². The molecule has 0 amide bonds. The minimum atomic E-state index is -4.99. The van der Waals surface area contributed by atoms with E-state index in [1.54, 1.807) is 0 Å². The lowest BCUT2D eigenvalue weighted by atomic mass is 11.1. The maximum absolute atomic E-state index is 10.1. The molecule has 0 aliphatic carbocycles. The van der Waals surface area contributed by atoms with Crippen LogP contribution in [0.1, 0.15) is 0 Å². The molecule has 0 bridgehead atoms. The van der Waals surface area contributed by atoms with Crippen molar-refractivity contribution in [1.82, 2.24) is 3.71 Å². The lowest BCUT2D eigenvalue weighted by molar-refractivity contribution is 0.442. The summed E-state index contributed by atoms with van der Waals surface area (Å²) < 4.78 is 47.5. The first-order valence-corrected chi connectivity index (χ1v) is 4.41. The van der Waals surface area contributed by atoms with Crippen LogP contribution in [0.5, 0.6) is 0 Å². The van der Waals surface area contributed by atoms with Crippen LogP contribution in [-0.4, -0.2) is 31.4 Å². The molecule has 0 aliphatic rings. The average molecular weight is 202 g/mol. The first-order chi connectivity index (χ1) is 4.76. The second-order valence-corrected chi connectivity index (χ2v) is 3.60. The summed E-state index contributed by atoms with van der Waals surface area (Å²) in [4.78, 5) is 0. The quantitative estimate of drug-likeness (QED) is 0.200. The van der Waals surface area contributed by atoms with Crippen LogP contribution in [0.4, 0.5) is 0 Å². The van der Waals surface area contributed by atoms with Gasteiger partial charge < -0.3 is 10.3 Å². The van der Waals surface area contributed by atoms with Crippen LogP contribution in [0.2, 0.25) is 0 Å². The van der Waals surface area contributed by atoms with Crippen molar-refractivity contribution in [3.63, 3.8) is 0 Å². The molecule has 0 spiro atoms. The Bertz CT molecular complexity index is 266. The Balaban J connectivity index is 4.94. The maximum Gasteiger partial charge on any atom is 0.373 e. The molecule has 0 fully saturated rings. The molecule has 1 atom stereocenters. The van der Waals surface area contributed by atoms with Crippen LogP contribution < -0.4 is 5.73 Å². The molecular formula is CH4N3O5S2-. The fourth-order valence-corrected chi connectivity index (χ4v) is 1.31. The zero-order chi connectivity index (χ0) is 9.23. The van der Waals surface area contributed by atoms with Gasteiger partial charge >= 0.3 is 10.3 Å². The van der Waals surface area contributed by atoms with Gasteiger partial charge in [0.15, 0.2) is 0 Å². The van der Waals surface area contributed by atoms with E-state index in [2.05, 4.69) is 5.73 Å². The normalized spacial score (nSPS) is 14.0. The molecule has 66 valence electrons. The van der Waals surface area contributed by atoms with Gasteiger partial charge in [-0.1, -0.05) is 0 Å². The van der Waals surface area contributed by atoms with E-state index >= 15 is 0 Å². The standard InChI is InChI=1S/CH5N3O5S2/c2-1(3)4(10(5)6)11(7,8)9/h(H3,2,3)(H,5,6)(H,7,8,9)/p-1. The highest BCUT2D eigenvalue weighted by Gasteiger charge is 2.21. The maximum atomic E-state index is 10.1. The lowest BCUT2D eigenvalue weighted by Crippen LogP contribution is -2.41. The van der Waals surface area contributed by atoms with Crippen molar-refractivity contribution in [1.29, 1.82) is 5.41 Å². The molecule has 0 saturated heterocycles. The van der Waals surface area contributed by atoms with E-state index in [4.69, 9.17) is 9.96 Å². The Morgan fingerprint density at radius 1 is 1.73 bits per heavy atom. The van der Waals surface area contributed by atoms with Gasteiger partial charge in [0.1, 0.15) is 0 Å². The molecule has 4 N–H and O–H groups in total. The monoisotopic (exact) mass is 202 g/mol. The van der Waals surface area contributed by atoms with Crippen LogP contribution in [-0.2, 0) is 21.6 Å². The first-order valence-electron chi connectivity index (χ1n) is 1.98. The molecule has 0 aromatic rings. The summed E-state index contributed by atoms with van der Waals surface area (Å²) >= 11 is -3.31. The van der Waals surface area contributed by atoms with E-state index in [-0.39, 0.29) is 0 Å². The molecule has 0 saturated carbocycles. The minimum absolute atomic E-state index is 0.674. The predicted octanol–water partition coefficient (Wildman–Crippen LogP) is -2.22. The van der Waals surface area contributed by atoms with E-state index in [0.29, 0.717) is 0 Å². The highest BCUT2D eigenvalue weighted by atomic mass is 32.3. The summed E-state index contributed by atoms with van der Waals surface area (Å²) in [6.07, 6.45) is 0. The van der Waals surface area contributed by atoms with Crippen LogP contribution in [0.3, 0.4) is 0 Å². The summed E-state index contributed by atoms with van der Waals surface area (Å²) in [5.41, 5.74) is 4.50. The van der Waals surface area contributed by atoms with Crippen molar-refractivity contribution in [2.45, 2.75) is 0 Å². The molecule has 1 unspecified atom stereocenters. The number of hydrogen-bond donors (Lipinski definition) is 3. The van der Waals surface area contributed by atoms with Crippen LogP contribution in [0, 0.1) is 5.41 Å². The number of guanidine groups is 1. The molecule has 0 aromatic heterocycles. The average Bonchev–Trinajstić information content (AvgIpc) is 1.54. The molecule has 0 rings (SSSR count). The van der Waals surface area contributed by atoms with E-state index in [1.807, 2.05) is 0 Å². The zero-order valence-electron chi connectivity index (χ0n) is 4.92. The number of nitrogens with zero attached hydrogens (tertiary/aromatic N) is 1. The number of rotatable bonds is 2. The number of nitrogens with one attached hydrogen (secondary N) is 1. The van der Waals surface area contributed by atoms with Gasteiger partial charge in [-0.2, -0.15) is 8.42 Å². The second kappa shape index (κ2) is 3.13. The second-order valence-electron chi connectivity index (χ2n) is 1.31. The van der Waals surface area contributed by atoms with Gasteiger partial charge in [-0.05, 0) is 0 Å². The molecule has 0 radical (unpaired) electrons. The Morgan fingerprint density at radius 2 is 2.09 bits per heavy atom. The Labute approximate surface area is 64.8 Å². The molecular weight excluding hydrogens is 198 g/mol. The summed E-state index contributed by atoms with van der Waals surface area (Å²) in [7, 11) is -4.99. The van der Waals surface area contributed by atoms with Gasteiger partial charge in [0, 0.05) is 0 Å². The van der Waals surface area contributed by atoms with Crippen molar-refractivity contribution in [3.05, 3.63) is 0 Å². The smallest absolute Gasteiger partial charge is 0.373 e. The zero-order valence-corrected chi connectivity index (χ0v) is 6.55. The third kappa shape index (κ3) is 2.80. The highest BCUT2D eigenvalue weighted by Crippen LogP contribution is 1.97. The van der Waals surface area contributed by atoms with Crippen molar-refractivity contribution in [3.8, 4) is 0 Å². The van der Waals surface area contributed by atoms with Gasteiger partial charge in [-0.3, -0.25) is 14.2 Å². The minimum Gasteiger partial charge on any atom is -0.754 e. The fraction of sp³-hybridized carbons (Fsp3) is 0. The topological polar surface area (TPSA) is 148 Å². The van der Waals surface area contributed by atoms with E-state index < -0.39 is 31.2 Å². The molecule has 0 aromatic carbocycles. The van der Waals surface area contributed by atoms with Crippen LogP contribution in [0.25, 0.3) is 0 Å². The molecule has 8 nitrogen and oxygen atoms in total. The Hall–Kier alpha value is -0.710. The van der Waals surface area contributed by atoms with Gasteiger partial charge in [0.05, 0.1) is 11.3 Å². The summed E-state index contributed by atoms with van der Waals surface area (Å²) in [6.45, 7) is 0. The third-order valence-electron chi connectivity index (χ3n) is 0.542. The summed E-state index contributed by atoms with van der Waals surface area (Å²) in [6, 6.07) is 0. The van der Waals surface area contributed by atoms with Crippen molar-refractivity contribution in [2.24, 2.45) is 5.73 Å². The van der Waals surface area contributed by atoms with Gasteiger partial charge in [0.2, 0.25) is 5.96 Å². The van der Waals surface area contributed by atoms with Crippen molar-refractivity contribution in [2.75, 3.05) is 0 Å². The molecule has 11 heavy (non-hydrogen) atoms. The Kier molecular flexibility index (Phi) is 2.92. The summed E-state index contributed by atoms with van der Waals surface area (Å²) in [5.74, 6) is -1.30. The van der Waals surface area contributed by atoms with Crippen LogP contribution >= 0.6 is 0 Å². The van der Waals surface area contributed by atoms with Crippen molar-refractivity contribution >= 4 is 27.5 Å². The Morgan fingerprint density at radius 3 is 2.09 bits per heavy atom. The number of hydrogen-bond acceptors (Lipinski definition) is 5. The molecule has 10 heteroatoms. The van der Waals surface area contributed by atoms with Crippen LogP contribution in [0.15, 0.2) is 0 Å². The molecule has 0 heterocycles. The van der Waals surface area contributed by atoms with Gasteiger partial charge in [0.25, 0.3) is 0 Å². The number of nitrogens with two attached hydrogens (primary N) is 1. The third-order valence-corrected chi connectivity index (χ3v) is 2.56. The fourth-order valence-electron chi connectivity index (χ4n) is 0.281. The molecule has 0 aliphatic heterocycles. The van der Waals surface area contributed by atoms with Crippen molar-refractivity contribution < 1.29 is 21.7 Å². The summed E-state index contributed by atoms with van der Waals surface area (Å²) in [5, 5.41) is 6.41. The first kappa shape index (κ1) is 10.3. The lowest BCUT2D eigenvalue weighted by Gasteiger charge is -2.19. The van der Waals surface area contributed by atoms with Gasteiger partial charge in [-0.15, -0.1) is 3.71 Å². The SMILES string of the molecule is N=C(N)N(S(=O)[O-])S(=O)(=O)O. The highest BCUT2D eigenvalue weighted by molar-refractivity contribution is 7.96. The van der Waals surface area contributed by atoms with E-state index in [9.17, 15) is 17.2 Å². The largest absolute Gasteiger partial charge is 0.754 e. The predicted molar refractivity (Wildman–Crippen MR) is 34.2 cm³/mol. The van der Waals surface area contributed by atoms with Gasteiger partial charge in [-0.25, -0.2) is 0 Å².